The molecular weight excluding hydrogens is 1640 g/mol. The van der Waals surface area contributed by atoms with E-state index < -0.39 is 55.7 Å². The molecule has 1 saturated heterocycles. The average molecular weight is 1730 g/mol. The summed E-state index contributed by atoms with van der Waals surface area (Å²) in [5.41, 5.74) is 15.7. The number of amides is 5. The second-order valence-electron chi connectivity index (χ2n) is 29.6. The van der Waals surface area contributed by atoms with Crippen LogP contribution in [0, 0.1) is 47.5 Å². The molecule has 5 atom stereocenters. The van der Waals surface area contributed by atoms with E-state index in [9.17, 15) is 43.3 Å². The molecule has 9 aromatic rings. The SMILES string of the molecule is COC1CC(C2C=C(/C=C/C(=O)NCCN(CCNC(=O)CN3/C(=C/c4cc[n+](C)c5ccc(Cl)cc45)Sc4cc(C)c(C)cc43)CCNC(=O)CN3/C(=C/c4cc[n+](C)c5ccc(Cl)cc45)Sc4cc(C)c(C)cc43)C(=O)NC2=O)OC1COP(=O)(O)OC.Cc1cc2c(cc1C)N(CC(=O)O)/C(=C/c1cc[n+](C)c3ccc(Cl)cc13)S2. The Morgan fingerprint density at radius 2 is 0.992 bits per heavy atom. The van der Waals surface area contributed by atoms with Crippen molar-refractivity contribution in [2.45, 2.75) is 81.0 Å². The zero-order valence-corrected chi connectivity index (χ0v) is 72.6. The average Bonchev–Trinajstić information content (AvgIpc) is 1.64. The summed E-state index contributed by atoms with van der Waals surface area (Å²) >= 11 is 24.1. The minimum Gasteiger partial charge on any atom is -0.480 e. The Morgan fingerprint density at radius 1 is 0.593 bits per heavy atom. The Hall–Kier alpha value is -9.42. The Bertz CT molecular complexity index is 5580. The smallest absolute Gasteiger partial charge is 0.472 e. The second kappa shape index (κ2) is 37.5. The molecule has 3 aromatic heterocycles. The molecule has 6 N–H and O–H groups in total. The fourth-order valence-electron chi connectivity index (χ4n) is 14.6. The number of anilines is 3. The van der Waals surface area contributed by atoms with E-state index in [-0.39, 0.29) is 69.7 Å². The van der Waals surface area contributed by atoms with Gasteiger partial charge in [0.25, 0.3) is 5.91 Å². The number of fused-ring (bicyclic) bond motifs is 6. The van der Waals surface area contributed by atoms with Gasteiger partial charge in [-0.3, -0.25) is 48.0 Å². The number of nitrogens with one attached hydrogen (secondary N) is 4. The molecule has 118 heavy (non-hydrogen) atoms. The van der Waals surface area contributed by atoms with E-state index >= 15 is 0 Å². The Kier molecular flexibility index (Phi) is 27.4. The zero-order valence-electron chi connectivity index (χ0n) is 67.0. The van der Waals surface area contributed by atoms with Gasteiger partial charge in [0.2, 0.25) is 40.2 Å². The maximum absolute atomic E-state index is 14.2. The number of thioether (sulfide) groups is 3. The summed E-state index contributed by atoms with van der Waals surface area (Å²) in [6.07, 6.45) is 14.2. The standard InChI is InChI=1S/C65H70Cl2N9O11PS2.C22H19ClN2O2S/c1-38-25-52-57(27-40(38)3)89-62(30-42-15-20-72(5)50-12-10-45(66)32-47(42)50)75(52)35-60(78)69-18-23-74(22-17-68-59(77)14-9-44-29-49(65(81)71-64(44)80)54-34-55(84-7)56(87-54)37-86-88(82,83)85-8)24-19-70-61(79)36-76-53-26-39(2)41(4)28-58(53)90-63(76)31-43-16-21-73(6)51-13-11-46(67)33-48(43)51;1-13-8-19-20(9-14(13)2)28-21(25(19)12-22(26)27)10-15-6-7-24(3)18-5-4-16(23)11-17(15)18/h9-16,20-21,25-33,49,54-56H,17-19,22-24,34-37H2,1-8H3,(H3-2,68,69,70,71,77,78,79,80,81,82,83);4-11H,12H2,1-3H3/p+3/b14-9+;. The van der Waals surface area contributed by atoms with E-state index in [4.69, 9.17) is 48.8 Å². The number of carboxylic acid groups (broad SMARTS) is 1. The lowest BCUT2D eigenvalue weighted by molar-refractivity contribution is -0.645. The van der Waals surface area contributed by atoms with Crippen LogP contribution in [0.4, 0.5) is 17.1 Å². The van der Waals surface area contributed by atoms with Gasteiger partial charge in [0.1, 0.15) is 46.9 Å². The largest absolute Gasteiger partial charge is 0.480 e. The van der Waals surface area contributed by atoms with E-state index in [1.165, 1.54) is 30.9 Å². The summed E-state index contributed by atoms with van der Waals surface area (Å²) in [4.78, 5) is 100. The lowest BCUT2D eigenvalue weighted by atomic mass is 9.92. The maximum atomic E-state index is 14.2. The van der Waals surface area contributed by atoms with Crippen LogP contribution in [0.15, 0.2) is 181 Å². The maximum Gasteiger partial charge on any atom is 0.472 e. The highest BCUT2D eigenvalue weighted by Gasteiger charge is 2.44. The van der Waals surface area contributed by atoms with Crippen molar-refractivity contribution in [3.8, 4) is 0 Å². The Labute approximate surface area is 712 Å². The van der Waals surface area contributed by atoms with Gasteiger partial charge in [-0.15, -0.1) is 0 Å². The summed E-state index contributed by atoms with van der Waals surface area (Å²) in [7, 11) is 4.11. The number of methoxy groups -OCH3 is 1. The molecule has 31 heteroatoms. The van der Waals surface area contributed by atoms with Gasteiger partial charge in [0.05, 0.1) is 73.0 Å². The molecule has 5 aliphatic heterocycles. The Morgan fingerprint density at radius 3 is 1.39 bits per heavy atom. The van der Waals surface area contributed by atoms with Gasteiger partial charge in [-0.1, -0.05) is 76.2 Å². The number of aryl methyl sites for hydroxylation is 9. The molecule has 6 aromatic carbocycles. The molecule has 0 bridgehead atoms. The van der Waals surface area contributed by atoms with Gasteiger partial charge >= 0.3 is 13.8 Å². The van der Waals surface area contributed by atoms with Crippen LogP contribution < -0.4 is 49.7 Å². The molecule has 14 rings (SSSR count). The quantitative estimate of drug-likeness (QED) is 0.0127. The van der Waals surface area contributed by atoms with Gasteiger partial charge in [0, 0.05) is 138 Å². The number of phosphoric ester groups is 1. The minimum absolute atomic E-state index is 0.0379. The van der Waals surface area contributed by atoms with Crippen LogP contribution in [0.25, 0.3) is 50.9 Å². The number of halogens is 3. The number of carbonyl (C=O) groups is 6. The number of hydrogen-bond donors (Lipinski definition) is 6. The molecule has 614 valence electrons. The number of carboxylic acids is 1. The second-order valence-corrected chi connectivity index (χ2v) is 35.6. The molecule has 0 aliphatic carbocycles. The van der Waals surface area contributed by atoms with Gasteiger partial charge < -0.3 is 50.1 Å². The number of nitrogens with zero attached hydrogens (tertiary/aromatic N) is 7. The van der Waals surface area contributed by atoms with E-state index in [1.54, 1.807) is 35.3 Å². The van der Waals surface area contributed by atoms with Gasteiger partial charge in [0.15, 0.2) is 18.6 Å². The predicted molar refractivity (Wildman–Crippen MR) is 466 cm³/mol. The van der Waals surface area contributed by atoms with Crippen molar-refractivity contribution in [1.29, 1.82) is 0 Å². The number of pyridine rings is 3. The van der Waals surface area contributed by atoms with Crippen LogP contribution in [-0.2, 0) is 73.0 Å². The number of ether oxygens (including phenoxy) is 2. The van der Waals surface area contributed by atoms with E-state index in [0.29, 0.717) is 34.7 Å². The van der Waals surface area contributed by atoms with Crippen LogP contribution in [0.1, 0.15) is 56.5 Å². The van der Waals surface area contributed by atoms with E-state index in [2.05, 4.69) is 115 Å². The van der Waals surface area contributed by atoms with Crippen molar-refractivity contribution in [1.82, 2.24) is 26.2 Å². The number of imide groups is 1. The topological polar surface area (TPSA) is 270 Å². The molecule has 5 aliphatic rings. The normalized spacial score (nSPS) is 18.5. The summed E-state index contributed by atoms with van der Waals surface area (Å²) < 4.78 is 39.2. The highest BCUT2D eigenvalue weighted by atomic mass is 35.5. The van der Waals surface area contributed by atoms with Crippen LogP contribution in [0.3, 0.4) is 0 Å². The van der Waals surface area contributed by atoms with E-state index in [0.717, 1.165) is 131 Å². The first-order chi connectivity index (χ1) is 56.4. The summed E-state index contributed by atoms with van der Waals surface area (Å²) in [5, 5.41) is 28.5. The molecular formula is C87H92Cl3N11O13PS3+3. The molecule has 0 radical (unpaired) electrons. The van der Waals surface area contributed by atoms with Gasteiger partial charge in [-0.2, -0.15) is 0 Å². The molecule has 1 fully saturated rings. The van der Waals surface area contributed by atoms with Crippen LogP contribution in [0.2, 0.25) is 15.1 Å². The molecule has 8 heterocycles. The third kappa shape index (κ3) is 20.2. The van der Waals surface area contributed by atoms with Crippen molar-refractivity contribution in [2.75, 3.05) is 94.4 Å². The number of phosphoric acid groups is 1. The monoisotopic (exact) mass is 1730 g/mol. The number of aromatic nitrogens is 3. The summed E-state index contributed by atoms with van der Waals surface area (Å²) in [6, 6.07) is 36.3. The number of carbonyl (C=O) groups excluding carboxylic acids is 5. The summed E-state index contributed by atoms with van der Waals surface area (Å²) in [5.74, 6) is -4.07. The Balaban J connectivity index is 0.000000360. The van der Waals surface area contributed by atoms with Crippen molar-refractivity contribution in [3.63, 3.8) is 0 Å². The number of benzene rings is 6. The number of aliphatic carboxylic acids is 1. The highest BCUT2D eigenvalue weighted by Crippen LogP contribution is 2.51. The van der Waals surface area contributed by atoms with Gasteiger partial charge in [-0.05, 0) is 189 Å². The number of hydrogen-bond acceptors (Lipinski definition) is 18. The molecule has 0 spiro atoms. The fourth-order valence-corrected chi connectivity index (χ4v) is 19.2. The van der Waals surface area contributed by atoms with Gasteiger partial charge in [-0.25, -0.2) is 18.3 Å². The molecule has 24 nitrogen and oxygen atoms in total. The van der Waals surface area contributed by atoms with Crippen LogP contribution in [-0.4, -0.2) is 148 Å². The van der Waals surface area contributed by atoms with E-state index in [1.807, 2.05) is 153 Å². The van der Waals surface area contributed by atoms with Crippen molar-refractivity contribution < 1.29 is 75.6 Å². The molecule has 5 unspecified atom stereocenters. The zero-order chi connectivity index (χ0) is 84.1. The van der Waals surface area contributed by atoms with Crippen molar-refractivity contribution in [2.24, 2.45) is 27.1 Å². The fraction of sp³-hybridized carbons (Fsp3) is 0.299. The molecule has 0 saturated carbocycles. The minimum atomic E-state index is -4.33. The third-order valence-electron chi connectivity index (χ3n) is 21.5. The van der Waals surface area contributed by atoms with Crippen molar-refractivity contribution in [3.05, 3.63) is 232 Å². The lowest BCUT2D eigenvalue weighted by Gasteiger charge is -2.25. The predicted octanol–water partition coefficient (Wildman–Crippen LogP) is 13.0. The number of rotatable bonds is 26. The van der Waals surface area contributed by atoms with Crippen LogP contribution in [0.5, 0.6) is 0 Å². The highest BCUT2D eigenvalue weighted by molar-refractivity contribution is 8.04. The van der Waals surface area contributed by atoms with Crippen LogP contribution >= 0.6 is 77.9 Å². The first kappa shape index (κ1) is 86.4. The lowest BCUT2D eigenvalue weighted by Crippen LogP contribution is -2.45. The molecule has 5 amide bonds. The first-order valence-electron chi connectivity index (χ1n) is 38.2. The third-order valence-corrected chi connectivity index (χ3v) is 26.4. The summed E-state index contributed by atoms with van der Waals surface area (Å²) in [6.45, 7) is 13.7. The first-order valence-corrected chi connectivity index (χ1v) is 43.3. The van der Waals surface area contributed by atoms with Crippen molar-refractivity contribution >= 4 is 181 Å².